The number of carbonyl (C=O) groups excluding carboxylic acids is 1. The van der Waals surface area contributed by atoms with Crippen LogP contribution in [0.1, 0.15) is 34.7 Å². The summed E-state index contributed by atoms with van der Waals surface area (Å²) in [6, 6.07) is 10.2. The van der Waals surface area contributed by atoms with Gasteiger partial charge in [0, 0.05) is 18.4 Å². The molecule has 0 atom stereocenters. The number of fused-ring (bicyclic) bond motifs is 3. The summed E-state index contributed by atoms with van der Waals surface area (Å²) in [5, 5.41) is 3.76. The number of likely N-dealkylation sites (tertiary alicyclic amines) is 1. The number of hydrogen-bond acceptors (Lipinski definition) is 7. The number of piperidine rings is 1. The first-order valence-electron chi connectivity index (χ1n) is 12.1. The van der Waals surface area contributed by atoms with Crippen molar-refractivity contribution in [3.8, 4) is 0 Å². The van der Waals surface area contributed by atoms with Gasteiger partial charge in [0.25, 0.3) is 5.91 Å². The maximum atomic E-state index is 15.0. The van der Waals surface area contributed by atoms with Gasteiger partial charge >= 0.3 is 0 Å². The third-order valence-corrected chi connectivity index (χ3v) is 7.66. The summed E-state index contributed by atoms with van der Waals surface area (Å²) in [6.45, 7) is 2.95. The number of anilines is 4. The summed E-state index contributed by atoms with van der Waals surface area (Å²) in [6.07, 6.45) is 3.35. The van der Waals surface area contributed by atoms with Crippen molar-refractivity contribution in [3.05, 3.63) is 69.6 Å². The molecule has 0 unspecified atom stereocenters. The summed E-state index contributed by atoms with van der Waals surface area (Å²) in [5.41, 5.74) is 1.95. The number of guanidine groups is 1. The topological polar surface area (TPSA) is 77.0 Å². The summed E-state index contributed by atoms with van der Waals surface area (Å²) < 4.78 is 15.0. The molecule has 1 N–H and O–H groups in total. The zero-order chi connectivity index (χ0) is 25.7. The van der Waals surface area contributed by atoms with Gasteiger partial charge in [-0.2, -0.15) is 4.98 Å². The van der Waals surface area contributed by atoms with Crippen LogP contribution in [0.25, 0.3) is 0 Å². The van der Waals surface area contributed by atoms with E-state index in [1.807, 2.05) is 17.0 Å². The molecule has 37 heavy (non-hydrogen) atoms. The van der Waals surface area contributed by atoms with Crippen molar-refractivity contribution in [2.45, 2.75) is 18.8 Å². The highest BCUT2D eigenvalue weighted by Gasteiger charge is 2.41. The minimum absolute atomic E-state index is 0.221. The van der Waals surface area contributed by atoms with Gasteiger partial charge in [0.1, 0.15) is 11.4 Å². The number of nitrogens with zero attached hydrogens (tertiary/aromatic N) is 6. The van der Waals surface area contributed by atoms with Gasteiger partial charge in [-0.15, -0.1) is 0 Å². The van der Waals surface area contributed by atoms with E-state index in [0.29, 0.717) is 51.9 Å². The molecule has 11 heteroatoms. The molecule has 3 aromatic rings. The van der Waals surface area contributed by atoms with Crippen LogP contribution in [0.2, 0.25) is 10.0 Å². The van der Waals surface area contributed by atoms with E-state index in [0.717, 1.165) is 31.5 Å². The molecule has 1 saturated heterocycles. The minimum atomic E-state index is -0.373. The molecule has 0 saturated carbocycles. The maximum Gasteiger partial charge on any atom is 0.270 e. The Kier molecular flexibility index (Phi) is 6.22. The summed E-state index contributed by atoms with van der Waals surface area (Å²) in [5.74, 6) is 0.704. The highest BCUT2D eigenvalue weighted by Crippen LogP contribution is 2.40. The van der Waals surface area contributed by atoms with E-state index in [4.69, 9.17) is 23.2 Å². The first kappa shape index (κ1) is 24.1. The lowest BCUT2D eigenvalue weighted by Gasteiger charge is -2.35. The number of para-hydroxylation sites is 1. The molecule has 4 heterocycles. The van der Waals surface area contributed by atoms with Crippen LogP contribution in [0.15, 0.2) is 47.6 Å². The van der Waals surface area contributed by atoms with Gasteiger partial charge in [-0.3, -0.25) is 14.7 Å². The lowest BCUT2D eigenvalue weighted by atomic mass is 9.89. The number of amides is 1. The summed E-state index contributed by atoms with van der Waals surface area (Å²) >= 11 is 12.8. The Hall–Kier alpha value is -3.27. The lowest BCUT2D eigenvalue weighted by molar-refractivity contribution is 0.1000. The Labute approximate surface area is 223 Å². The Balaban J connectivity index is 1.29. The van der Waals surface area contributed by atoms with Crippen LogP contribution in [-0.2, 0) is 0 Å². The molecule has 1 fully saturated rings. The molecular weight excluding hydrogens is 516 g/mol. The highest BCUT2D eigenvalue weighted by molar-refractivity contribution is 6.43. The Morgan fingerprint density at radius 1 is 1.08 bits per heavy atom. The van der Waals surface area contributed by atoms with Gasteiger partial charge in [0.05, 0.1) is 22.3 Å². The number of hydrogen-bond donors (Lipinski definition) is 1. The number of benzene rings is 2. The minimum Gasteiger partial charge on any atom is -0.324 e. The smallest absolute Gasteiger partial charge is 0.270 e. The normalized spacial score (nSPS) is 18.1. The average Bonchev–Trinajstić information content (AvgIpc) is 3.36. The van der Waals surface area contributed by atoms with Crippen molar-refractivity contribution in [3.63, 3.8) is 0 Å². The molecule has 3 aliphatic rings. The third-order valence-electron chi connectivity index (χ3n) is 7.05. The van der Waals surface area contributed by atoms with Crippen molar-refractivity contribution in [1.29, 1.82) is 0 Å². The number of aliphatic imine (C=N–C) groups is 1. The number of aromatic nitrogens is 2. The fourth-order valence-electron chi connectivity index (χ4n) is 5.12. The van der Waals surface area contributed by atoms with Crippen molar-refractivity contribution in [2.75, 3.05) is 48.3 Å². The van der Waals surface area contributed by atoms with Crippen molar-refractivity contribution < 1.29 is 9.18 Å². The standard InChI is InChI=1S/C26H24Cl2FN7O/c1-34-10-7-15(8-11-34)17-6-5-16(13-21(17)29)32-25-31-14-18-23(33-25)35-12-9-30-26(35)36(24(18)37)22-19(27)3-2-4-20(22)28/h2-6,13-15H,7-12H2,1H3,(H,31,32,33). The fourth-order valence-corrected chi connectivity index (χ4v) is 5.68. The van der Waals surface area contributed by atoms with Crippen molar-refractivity contribution >= 4 is 58.2 Å². The molecule has 6 rings (SSSR count). The first-order valence-corrected chi connectivity index (χ1v) is 12.9. The van der Waals surface area contributed by atoms with Gasteiger partial charge in [0.15, 0.2) is 5.82 Å². The van der Waals surface area contributed by atoms with E-state index in [9.17, 15) is 4.79 Å². The molecule has 1 aromatic heterocycles. The lowest BCUT2D eigenvalue weighted by Crippen LogP contribution is -2.51. The van der Waals surface area contributed by atoms with Gasteiger partial charge in [-0.1, -0.05) is 35.3 Å². The molecular formula is C26H24Cl2FN7O. The molecule has 0 spiro atoms. The second-order valence-corrected chi connectivity index (χ2v) is 10.2. The van der Waals surface area contributed by atoms with Crippen LogP contribution in [0.3, 0.4) is 0 Å². The molecule has 0 radical (unpaired) electrons. The van der Waals surface area contributed by atoms with Crippen LogP contribution in [0.4, 0.5) is 27.5 Å². The zero-order valence-corrected chi connectivity index (χ0v) is 21.6. The number of halogens is 3. The van der Waals surface area contributed by atoms with Crippen LogP contribution in [0.5, 0.6) is 0 Å². The molecule has 0 aliphatic carbocycles. The van der Waals surface area contributed by atoms with Gasteiger partial charge in [-0.05, 0) is 68.7 Å². The van der Waals surface area contributed by atoms with E-state index in [-0.39, 0.29) is 23.6 Å². The monoisotopic (exact) mass is 539 g/mol. The average molecular weight is 540 g/mol. The molecule has 1 amide bonds. The fraction of sp³-hybridized carbons (Fsp3) is 0.308. The van der Waals surface area contributed by atoms with Crippen LogP contribution < -0.4 is 15.1 Å². The van der Waals surface area contributed by atoms with Crippen LogP contribution in [-0.4, -0.2) is 60.0 Å². The quantitative estimate of drug-likeness (QED) is 0.484. The number of nitrogens with one attached hydrogen (secondary N) is 1. The van der Waals surface area contributed by atoms with Gasteiger partial charge in [-0.25, -0.2) is 14.3 Å². The van der Waals surface area contributed by atoms with Crippen molar-refractivity contribution in [1.82, 2.24) is 14.9 Å². The number of rotatable bonds is 4. The van der Waals surface area contributed by atoms with Crippen LogP contribution in [0, 0.1) is 5.82 Å². The van der Waals surface area contributed by atoms with Gasteiger partial charge < -0.3 is 10.2 Å². The van der Waals surface area contributed by atoms with E-state index < -0.39 is 0 Å². The predicted molar refractivity (Wildman–Crippen MR) is 144 cm³/mol. The molecule has 8 nitrogen and oxygen atoms in total. The van der Waals surface area contributed by atoms with E-state index in [1.54, 1.807) is 18.2 Å². The largest absolute Gasteiger partial charge is 0.324 e. The first-order chi connectivity index (χ1) is 17.9. The third kappa shape index (κ3) is 4.31. The SMILES string of the molecule is CN1CCC(c2ccc(Nc3ncc4c(n3)N3CCN=C3N(c3c(Cl)cccc3Cl)C4=O)cc2F)CC1. The molecule has 3 aliphatic heterocycles. The van der Waals surface area contributed by atoms with E-state index >= 15 is 4.39 Å². The molecule has 190 valence electrons. The summed E-state index contributed by atoms with van der Waals surface area (Å²) in [7, 11) is 2.09. The maximum absolute atomic E-state index is 15.0. The molecule has 0 bridgehead atoms. The highest BCUT2D eigenvalue weighted by atomic mass is 35.5. The van der Waals surface area contributed by atoms with Gasteiger partial charge in [0.2, 0.25) is 11.9 Å². The Bertz CT molecular complexity index is 1400. The second kappa shape index (κ2) is 9.55. The van der Waals surface area contributed by atoms with E-state index in [1.165, 1.54) is 17.2 Å². The van der Waals surface area contributed by atoms with Crippen LogP contribution >= 0.6 is 23.2 Å². The zero-order valence-electron chi connectivity index (χ0n) is 20.1. The number of carbonyl (C=O) groups is 1. The second-order valence-electron chi connectivity index (χ2n) is 9.41. The van der Waals surface area contributed by atoms with E-state index in [2.05, 4.69) is 32.2 Å². The summed E-state index contributed by atoms with van der Waals surface area (Å²) in [4.78, 5) is 32.5. The van der Waals surface area contributed by atoms with Crippen molar-refractivity contribution in [2.24, 2.45) is 4.99 Å². The Morgan fingerprint density at radius 2 is 1.84 bits per heavy atom. The molecule has 2 aromatic carbocycles. The Morgan fingerprint density at radius 3 is 2.57 bits per heavy atom. The predicted octanol–water partition coefficient (Wildman–Crippen LogP) is 5.31.